The van der Waals surface area contributed by atoms with Crippen molar-refractivity contribution >= 4 is 0 Å². The summed E-state index contributed by atoms with van der Waals surface area (Å²) in [6.45, 7) is 2.02. The molecular formula is C18H19N3. The van der Waals surface area contributed by atoms with Gasteiger partial charge in [0.1, 0.15) is 0 Å². The van der Waals surface area contributed by atoms with E-state index in [-0.39, 0.29) is 6.04 Å². The molecule has 3 aromatic rings. The molecule has 21 heavy (non-hydrogen) atoms. The molecule has 1 atom stereocenters. The van der Waals surface area contributed by atoms with E-state index in [1.54, 1.807) is 0 Å². The lowest BCUT2D eigenvalue weighted by molar-refractivity contribution is 0.727. The molecular weight excluding hydrogens is 258 g/mol. The molecule has 0 aliphatic carbocycles. The molecule has 0 spiro atoms. The normalized spacial score (nSPS) is 12.3. The summed E-state index contributed by atoms with van der Waals surface area (Å²) in [4.78, 5) is 0. The quantitative estimate of drug-likeness (QED) is 0.794. The molecule has 3 nitrogen and oxygen atoms in total. The third-order valence-corrected chi connectivity index (χ3v) is 3.47. The highest BCUT2D eigenvalue weighted by Crippen LogP contribution is 2.21. The first kappa shape index (κ1) is 13.6. The van der Waals surface area contributed by atoms with Crippen molar-refractivity contribution in [2.75, 3.05) is 0 Å². The highest BCUT2D eigenvalue weighted by atomic mass is 15.3. The summed E-state index contributed by atoms with van der Waals surface area (Å²) in [6, 6.07) is 18.7. The second-order valence-electron chi connectivity index (χ2n) is 5.35. The van der Waals surface area contributed by atoms with Crippen LogP contribution in [0, 0.1) is 0 Å². The van der Waals surface area contributed by atoms with E-state index in [1.807, 2.05) is 48.1 Å². The number of hydrogen-bond donors (Lipinski definition) is 1. The molecule has 2 N–H and O–H groups in total. The zero-order valence-electron chi connectivity index (χ0n) is 12.1. The Morgan fingerprint density at radius 1 is 1.00 bits per heavy atom. The molecule has 0 amide bonds. The van der Waals surface area contributed by atoms with Gasteiger partial charge in [-0.15, -0.1) is 0 Å². The molecule has 1 unspecified atom stereocenters. The summed E-state index contributed by atoms with van der Waals surface area (Å²) < 4.78 is 1.93. The summed E-state index contributed by atoms with van der Waals surface area (Å²) >= 11 is 0. The molecule has 0 bridgehead atoms. The molecule has 3 heteroatoms. The standard InChI is InChI=1S/C18H19N3/c1-14(19)11-16-9-5-6-10-18(16)21-13-17(12-20-21)15-7-3-2-4-8-15/h2-10,12-14H,11,19H2,1H3. The Hall–Kier alpha value is -2.39. The molecule has 106 valence electrons. The Kier molecular flexibility index (Phi) is 3.84. The van der Waals surface area contributed by atoms with Crippen LogP contribution in [0.1, 0.15) is 12.5 Å². The predicted octanol–water partition coefficient (Wildman–Crippen LogP) is 3.43. The first-order chi connectivity index (χ1) is 10.2. The van der Waals surface area contributed by atoms with Gasteiger partial charge in [0, 0.05) is 17.8 Å². The molecule has 0 saturated carbocycles. The Bertz CT molecular complexity index is 714. The largest absolute Gasteiger partial charge is 0.328 e. The van der Waals surface area contributed by atoms with Crippen LogP contribution in [0.25, 0.3) is 16.8 Å². The summed E-state index contributed by atoms with van der Waals surface area (Å²) in [5.41, 5.74) is 10.5. The molecule has 3 rings (SSSR count). The van der Waals surface area contributed by atoms with E-state index in [2.05, 4.69) is 35.6 Å². The van der Waals surface area contributed by atoms with Crippen molar-refractivity contribution in [3.05, 3.63) is 72.6 Å². The average molecular weight is 277 g/mol. The van der Waals surface area contributed by atoms with Gasteiger partial charge in [-0.25, -0.2) is 4.68 Å². The Morgan fingerprint density at radius 3 is 2.48 bits per heavy atom. The summed E-state index contributed by atoms with van der Waals surface area (Å²) in [6.07, 6.45) is 4.81. The van der Waals surface area contributed by atoms with Gasteiger partial charge < -0.3 is 5.73 Å². The van der Waals surface area contributed by atoms with E-state index in [1.165, 1.54) is 11.1 Å². The van der Waals surface area contributed by atoms with E-state index in [0.717, 1.165) is 17.7 Å². The van der Waals surface area contributed by atoms with Crippen molar-refractivity contribution in [2.24, 2.45) is 5.73 Å². The van der Waals surface area contributed by atoms with Crippen LogP contribution in [0.2, 0.25) is 0 Å². The fourth-order valence-corrected chi connectivity index (χ4v) is 2.49. The maximum absolute atomic E-state index is 5.94. The van der Waals surface area contributed by atoms with Crippen molar-refractivity contribution in [3.63, 3.8) is 0 Å². The lowest BCUT2D eigenvalue weighted by Gasteiger charge is -2.11. The van der Waals surface area contributed by atoms with E-state index in [0.29, 0.717) is 0 Å². The average Bonchev–Trinajstić information content (AvgIpc) is 2.98. The summed E-state index contributed by atoms with van der Waals surface area (Å²) in [5.74, 6) is 0. The molecule has 0 aliphatic heterocycles. The Morgan fingerprint density at radius 2 is 1.71 bits per heavy atom. The van der Waals surface area contributed by atoms with Gasteiger partial charge in [0.2, 0.25) is 0 Å². The van der Waals surface area contributed by atoms with Crippen molar-refractivity contribution < 1.29 is 0 Å². The van der Waals surface area contributed by atoms with Crippen LogP contribution >= 0.6 is 0 Å². The fraction of sp³-hybridized carbons (Fsp3) is 0.167. The van der Waals surface area contributed by atoms with Gasteiger partial charge in [0.15, 0.2) is 0 Å². The van der Waals surface area contributed by atoms with Crippen LogP contribution in [-0.4, -0.2) is 15.8 Å². The lowest BCUT2D eigenvalue weighted by Crippen LogP contribution is -2.19. The lowest BCUT2D eigenvalue weighted by atomic mass is 10.1. The van der Waals surface area contributed by atoms with Gasteiger partial charge in [0.05, 0.1) is 11.9 Å². The van der Waals surface area contributed by atoms with Crippen LogP contribution in [0.3, 0.4) is 0 Å². The highest BCUT2D eigenvalue weighted by Gasteiger charge is 2.08. The molecule has 0 fully saturated rings. The van der Waals surface area contributed by atoms with E-state index < -0.39 is 0 Å². The SMILES string of the molecule is CC(N)Cc1ccccc1-n1cc(-c2ccccc2)cn1. The molecule has 1 heterocycles. The summed E-state index contributed by atoms with van der Waals surface area (Å²) in [5, 5.41) is 4.51. The number of para-hydroxylation sites is 1. The maximum Gasteiger partial charge on any atom is 0.0678 e. The minimum absolute atomic E-state index is 0.135. The van der Waals surface area contributed by atoms with E-state index in [9.17, 15) is 0 Å². The molecule has 0 aliphatic rings. The van der Waals surface area contributed by atoms with Gasteiger partial charge in [-0.2, -0.15) is 5.10 Å². The van der Waals surface area contributed by atoms with Crippen molar-refractivity contribution in [2.45, 2.75) is 19.4 Å². The second-order valence-corrected chi connectivity index (χ2v) is 5.35. The molecule has 2 aromatic carbocycles. The van der Waals surface area contributed by atoms with E-state index in [4.69, 9.17) is 5.73 Å². The smallest absolute Gasteiger partial charge is 0.0678 e. The molecule has 0 radical (unpaired) electrons. The van der Waals surface area contributed by atoms with Gasteiger partial charge in [-0.3, -0.25) is 0 Å². The topological polar surface area (TPSA) is 43.8 Å². The minimum Gasteiger partial charge on any atom is -0.328 e. The number of nitrogens with zero attached hydrogens (tertiary/aromatic N) is 2. The van der Waals surface area contributed by atoms with Crippen LogP contribution in [-0.2, 0) is 6.42 Å². The van der Waals surface area contributed by atoms with Crippen molar-refractivity contribution in [3.8, 4) is 16.8 Å². The van der Waals surface area contributed by atoms with E-state index >= 15 is 0 Å². The minimum atomic E-state index is 0.135. The van der Waals surface area contributed by atoms with Crippen LogP contribution < -0.4 is 5.73 Å². The maximum atomic E-state index is 5.94. The number of aromatic nitrogens is 2. The first-order valence-electron chi connectivity index (χ1n) is 7.18. The first-order valence-corrected chi connectivity index (χ1v) is 7.18. The van der Waals surface area contributed by atoms with Gasteiger partial charge >= 0.3 is 0 Å². The third-order valence-electron chi connectivity index (χ3n) is 3.47. The monoisotopic (exact) mass is 277 g/mol. The summed E-state index contributed by atoms with van der Waals surface area (Å²) in [7, 11) is 0. The Labute approximate surface area is 125 Å². The van der Waals surface area contributed by atoms with Crippen molar-refractivity contribution in [1.29, 1.82) is 0 Å². The molecule has 0 saturated heterocycles. The highest BCUT2D eigenvalue weighted by molar-refractivity contribution is 5.62. The van der Waals surface area contributed by atoms with Crippen molar-refractivity contribution in [1.82, 2.24) is 9.78 Å². The van der Waals surface area contributed by atoms with Crippen LogP contribution in [0.15, 0.2) is 67.0 Å². The zero-order valence-corrected chi connectivity index (χ0v) is 12.1. The van der Waals surface area contributed by atoms with Gasteiger partial charge in [-0.05, 0) is 30.5 Å². The zero-order chi connectivity index (χ0) is 14.7. The number of nitrogens with two attached hydrogens (primary N) is 1. The van der Waals surface area contributed by atoms with Gasteiger partial charge in [-0.1, -0.05) is 48.5 Å². The number of benzene rings is 2. The van der Waals surface area contributed by atoms with Crippen LogP contribution in [0.4, 0.5) is 0 Å². The predicted molar refractivity (Wildman–Crippen MR) is 86.4 cm³/mol. The van der Waals surface area contributed by atoms with Crippen LogP contribution in [0.5, 0.6) is 0 Å². The number of hydrogen-bond acceptors (Lipinski definition) is 2. The second kappa shape index (κ2) is 5.94. The number of rotatable bonds is 4. The third kappa shape index (κ3) is 3.03. The van der Waals surface area contributed by atoms with Gasteiger partial charge in [0.25, 0.3) is 0 Å². The fourth-order valence-electron chi connectivity index (χ4n) is 2.49. The Balaban J connectivity index is 1.97. The molecule has 1 aromatic heterocycles.